The quantitative estimate of drug-likeness (QED) is 0.664. The number of carboxylic acid groups (broad SMARTS) is 1. The summed E-state index contributed by atoms with van der Waals surface area (Å²) in [5.74, 6) is -1.24. The molecule has 0 aliphatic carbocycles. The summed E-state index contributed by atoms with van der Waals surface area (Å²) in [4.78, 5) is 24.2. The summed E-state index contributed by atoms with van der Waals surface area (Å²) >= 11 is 0. The SMILES string of the molecule is CCN(CC(=O)NC)c1ccc(N)cc1C(=O)O. The molecule has 6 nitrogen and oxygen atoms in total. The van der Waals surface area contributed by atoms with Crippen LogP contribution in [0.2, 0.25) is 0 Å². The number of carbonyl (C=O) groups is 2. The number of likely N-dealkylation sites (N-methyl/N-ethyl adjacent to an activating group) is 2. The number of nitrogens with zero attached hydrogens (tertiary/aromatic N) is 1. The summed E-state index contributed by atoms with van der Waals surface area (Å²) < 4.78 is 0. The number of benzene rings is 1. The van der Waals surface area contributed by atoms with Crippen LogP contribution in [0.5, 0.6) is 0 Å². The van der Waals surface area contributed by atoms with Crippen LogP contribution >= 0.6 is 0 Å². The normalized spacial score (nSPS) is 9.89. The fourth-order valence-electron chi connectivity index (χ4n) is 1.62. The molecule has 98 valence electrons. The molecule has 0 unspecified atom stereocenters. The highest BCUT2D eigenvalue weighted by Gasteiger charge is 2.17. The maximum Gasteiger partial charge on any atom is 0.337 e. The van der Waals surface area contributed by atoms with E-state index in [4.69, 9.17) is 10.8 Å². The Morgan fingerprint density at radius 3 is 2.61 bits per heavy atom. The van der Waals surface area contributed by atoms with Crippen LogP contribution in [0.3, 0.4) is 0 Å². The van der Waals surface area contributed by atoms with Crippen LogP contribution < -0.4 is 16.0 Å². The van der Waals surface area contributed by atoms with E-state index in [0.717, 1.165) is 0 Å². The van der Waals surface area contributed by atoms with E-state index in [-0.39, 0.29) is 18.0 Å². The first-order chi connectivity index (χ1) is 8.49. The standard InChI is InChI=1S/C12H17N3O3/c1-3-15(7-11(16)14-2)10-5-4-8(13)6-9(10)12(17)18/h4-6H,3,7,13H2,1-2H3,(H,14,16)(H,17,18). The lowest BCUT2D eigenvalue weighted by Crippen LogP contribution is -2.36. The van der Waals surface area contributed by atoms with Crippen LogP contribution in [-0.4, -0.2) is 37.1 Å². The van der Waals surface area contributed by atoms with Gasteiger partial charge in [0.2, 0.25) is 5.91 Å². The summed E-state index contributed by atoms with van der Waals surface area (Å²) in [5, 5.41) is 11.6. The van der Waals surface area contributed by atoms with Crippen LogP contribution in [-0.2, 0) is 4.79 Å². The van der Waals surface area contributed by atoms with Crippen molar-refractivity contribution in [2.24, 2.45) is 0 Å². The summed E-state index contributed by atoms with van der Waals surface area (Å²) in [6.07, 6.45) is 0. The number of aromatic carboxylic acids is 1. The van der Waals surface area contributed by atoms with Crippen molar-refractivity contribution in [1.82, 2.24) is 5.32 Å². The van der Waals surface area contributed by atoms with Crippen LogP contribution in [0.15, 0.2) is 18.2 Å². The van der Waals surface area contributed by atoms with Gasteiger partial charge in [0.05, 0.1) is 17.8 Å². The lowest BCUT2D eigenvalue weighted by molar-refractivity contribution is -0.119. The molecule has 4 N–H and O–H groups in total. The molecular formula is C12H17N3O3. The third-order valence-corrected chi connectivity index (χ3v) is 2.59. The number of carbonyl (C=O) groups excluding carboxylic acids is 1. The van der Waals surface area contributed by atoms with Crippen molar-refractivity contribution >= 4 is 23.3 Å². The summed E-state index contributed by atoms with van der Waals surface area (Å²) in [7, 11) is 1.54. The molecule has 0 radical (unpaired) electrons. The number of carboxylic acids is 1. The van der Waals surface area contributed by atoms with E-state index in [0.29, 0.717) is 17.9 Å². The number of nitrogens with two attached hydrogens (primary N) is 1. The second kappa shape index (κ2) is 5.90. The molecule has 0 saturated heterocycles. The van der Waals surface area contributed by atoms with E-state index >= 15 is 0 Å². The van der Waals surface area contributed by atoms with Crippen molar-refractivity contribution in [2.75, 3.05) is 30.8 Å². The highest BCUT2D eigenvalue weighted by molar-refractivity contribution is 5.96. The molecule has 0 fully saturated rings. The number of hydrogen-bond donors (Lipinski definition) is 3. The fourth-order valence-corrected chi connectivity index (χ4v) is 1.62. The minimum atomic E-state index is -1.06. The molecule has 0 spiro atoms. The lowest BCUT2D eigenvalue weighted by Gasteiger charge is -2.23. The van der Waals surface area contributed by atoms with Gasteiger partial charge in [0.25, 0.3) is 0 Å². The molecule has 1 amide bonds. The van der Waals surface area contributed by atoms with Crippen molar-refractivity contribution in [2.45, 2.75) is 6.92 Å². The van der Waals surface area contributed by atoms with Gasteiger partial charge in [-0.05, 0) is 25.1 Å². The number of hydrogen-bond acceptors (Lipinski definition) is 4. The second-order valence-electron chi connectivity index (χ2n) is 3.77. The first-order valence-corrected chi connectivity index (χ1v) is 5.58. The zero-order chi connectivity index (χ0) is 13.7. The average Bonchev–Trinajstić information content (AvgIpc) is 2.35. The number of amides is 1. The van der Waals surface area contributed by atoms with Crippen LogP contribution in [0, 0.1) is 0 Å². The molecule has 1 aromatic rings. The van der Waals surface area contributed by atoms with Crippen molar-refractivity contribution in [3.05, 3.63) is 23.8 Å². The third-order valence-electron chi connectivity index (χ3n) is 2.59. The average molecular weight is 251 g/mol. The van der Waals surface area contributed by atoms with Gasteiger partial charge < -0.3 is 21.1 Å². The first kappa shape index (κ1) is 13.8. The molecule has 6 heteroatoms. The monoisotopic (exact) mass is 251 g/mol. The fraction of sp³-hybridized carbons (Fsp3) is 0.333. The number of rotatable bonds is 5. The van der Waals surface area contributed by atoms with E-state index in [9.17, 15) is 9.59 Å². The highest BCUT2D eigenvalue weighted by Crippen LogP contribution is 2.23. The van der Waals surface area contributed by atoms with Gasteiger partial charge in [-0.15, -0.1) is 0 Å². The number of nitrogens with one attached hydrogen (secondary N) is 1. The Morgan fingerprint density at radius 1 is 1.44 bits per heavy atom. The van der Waals surface area contributed by atoms with Gasteiger partial charge in [-0.2, -0.15) is 0 Å². The van der Waals surface area contributed by atoms with Gasteiger partial charge >= 0.3 is 5.97 Å². The maximum atomic E-state index is 11.4. The van der Waals surface area contributed by atoms with Gasteiger partial charge in [0, 0.05) is 19.3 Å². The predicted octanol–water partition coefficient (Wildman–Crippen LogP) is 0.539. The molecule has 18 heavy (non-hydrogen) atoms. The molecule has 0 aromatic heterocycles. The predicted molar refractivity (Wildman–Crippen MR) is 69.8 cm³/mol. The topological polar surface area (TPSA) is 95.7 Å². The molecule has 0 atom stereocenters. The van der Waals surface area contributed by atoms with E-state index in [1.165, 1.54) is 13.1 Å². The Morgan fingerprint density at radius 2 is 2.11 bits per heavy atom. The Hall–Kier alpha value is -2.24. The minimum absolute atomic E-state index is 0.0979. The molecule has 0 bridgehead atoms. The van der Waals surface area contributed by atoms with Crippen molar-refractivity contribution in [3.8, 4) is 0 Å². The second-order valence-corrected chi connectivity index (χ2v) is 3.77. The molecule has 0 aliphatic heterocycles. The van der Waals surface area contributed by atoms with Gasteiger partial charge in [-0.3, -0.25) is 4.79 Å². The first-order valence-electron chi connectivity index (χ1n) is 5.58. The molecule has 0 heterocycles. The van der Waals surface area contributed by atoms with Crippen molar-refractivity contribution in [1.29, 1.82) is 0 Å². The van der Waals surface area contributed by atoms with Gasteiger partial charge in [-0.25, -0.2) is 4.79 Å². The van der Waals surface area contributed by atoms with E-state index in [1.807, 2.05) is 6.92 Å². The number of nitrogen functional groups attached to an aromatic ring is 1. The Balaban J connectivity index is 3.12. The van der Waals surface area contributed by atoms with Crippen molar-refractivity contribution in [3.63, 3.8) is 0 Å². The summed E-state index contributed by atoms with van der Waals surface area (Å²) in [6.45, 7) is 2.49. The van der Waals surface area contributed by atoms with Crippen LogP contribution in [0.1, 0.15) is 17.3 Å². The zero-order valence-electron chi connectivity index (χ0n) is 10.4. The summed E-state index contributed by atoms with van der Waals surface area (Å²) in [6, 6.07) is 4.63. The highest BCUT2D eigenvalue weighted by atomic mass is 16.4. The Bertz CT molecular complexity index is 460. The largest absolute Gasteiger partial charge is 0.478 e. The van der Waals surface area contributed by atoms with E-state index in [1.54, 1.807) is 17.0 Å². The lowest BCUT2D eigenvalue weighted by atomic mass is 10.1. The number of anilines is 2. The molecule has 1 rings (SSSR count). The molecule has 1 aromatic carbocycles. The van der Waals surface area contributed by atoms with E-state index in [2.05, 4.69) is 5.32 Å². The molecular weight excluding hydrogens is 234 g/mol. The van der Waals surface area contributed by atoms with Crippen molar-refractivity contribution < 1.29 is 14.7 Å². The van der Waals surface area contributed by atoms with Gasteiger partial charge in [-0.1, -0.05) is 0 Å². The van der Waals surface area contributed by atoms with Gasteiger partial charge in [0.1, 0.15) is 0 Å². The van der Waals surface area contributed by atoms with E-state index < -0.39 is 5.97 Å². The van der Waals surface area contributed by atoms with Crippen LogP contribution in [0.25, 0.3) is 0 Å². The molecule has 0 saturated carbocycles. The minimum Gasteiger partial charge on any atom is -0.478 e. The summed E-state index contributed by atoms with van der Waals surface area (Å²) in [5.41, 5.74) is 6.54. The maximum absolute atomic E-state index is 11.4. The smallest absolute Gasteiger partial charge is 0.337 e. The molecule has 0 aliphatic rings. The zero-order valence-corrected chi connectivity index (χ0v) is 10.4. The van der Waals surface area contributed by atoms with Gasteiger partial charge in [0.15, 0.2) is 0 Å². The Labute approximate surface area is 105 Å². The Kier molecular flexibility index (Phi) is 4.53. The van der Waals surface area contributed by atoms with Crippen LogP contribution in [0.4, 0.5) is 11.4 Å². The third kappa shape index (κ3) is 3.13.